The summed E-state index contributed by atoms with van der Waals surface area (Å²) in [6.07, 6.45) is 1.79. The lowest BCUT2D eigenvalue weighted by Gasteiger charge is -2.27. The number of benzene rings is 1. The highest BCUT2D eigenvalue weighted by Gasteiger charge is 2.22. The van der Waals surface area contributed by atoms with Crippen molar-refractivity contribution >= 4 is 29.9 Å². The normalized spacial score (nSPS) is 11.4. The number of guanidine groups is 1. The van der Waals surface area contributed by atoms with Crippen molar-refractivity contribution in [2.75, 3.05) is 27.8 Å². The molecule has 2 aromatic rings. The molecule has 0 bridgehead atoms. The second kappa shape index (κ2) is 11.0. The Kier molecular flexibility index (Phi) is 9.34. The minimum Gasteiger partial charge on any atom is -0.493 e. The Labute approximate surface area is 178 Å². The first kappa shape index (κ1) is 23.0. The van der Waals surface area contributed by atoms with Gasteiger partial charge in [-0.3, -0.25) is 9.98 Å². The molecule has 0 spiro atoms. The molecular weight excluding hydrogens is 455 g/mol. The van der Waals surface area contributed by atoms with E-state index < -0.39 is 0 Å². The van der Waals surface area contributed by atoms with Crippen LogP contribution in [0.3, 0.4) is 0 Å². The standard InChI is InChI=1S/C20H28N4O2.HI/c1-20(2,15-9-10-17(25-4)18(12-15)26-5)14-24-19(21-3)23-13-16-8-6-7-11-22-16;/h6-12H,13-14H2,1-5H3,(H2,21,23,24);1H. The molecule has 1 aromatic carbocycles. The Hall–Kier alpha value is -2.03. The minimum atomic E-state index is -0.123. The van der Waals surface area contributed by atoms with Gasteiger partial charge in [0.15, 0.2) is 17.5 Å². The van der Waals surface area contributed by atoms with Crippen LogP contribution in [0.2, 0.25) is 0 Å². The van der Waals surface area contributed by atoms with Crippen LogP contribution >= 0.6 is 24.0 Å². The molecule has 0 radical (unpaired) electrons. The maximum atomic E-state index is 5.42. The first-order valence-electron chi connectivity index (χ1n) is 8.57. The predicted octanol–water partition coefficient (Wildman–Crippen LogP) is 3.36. The van der Waals surface area contributed by atoms with Crippen molar-refractivity contribution in [3.05, 3.63) is 53.9 Å². The number of halogens is 1. The number of aromatic nitrogens is 1. The van der Waals surface area contributed by atoms with E-state index in [9.17, 15) is 0 Å². The van der Waals surface area contributed by atoms with Crippen LogP contribution in [-0.4, -0.2) is 38.8 Å². The molecule has 6 nitrogen and oxygen atoms in total. The highest BCUT2D eigenvalue weighted by Crippen LogP contribution is 2.32. The monoisotopic (exact) mass is 484 g/mol. The summed E-state index contributed by atoms with van der Waals surface area (Å²) in [6.45, 7) is 5.68. The predicted molar refractivity (Wildman–Crippen MR) is 120 cm³/mol. The van der Waals surface area contributed by atoms with Gasteiger partial charge in [0.05, 0.1) is 26.5 Å². The summed E-state index contributed by atoms with van der Waals surface area (Å²) in [5.74, 6) is 2.20. The van der Waals surface area contributed by atoms with Crippen LogP contribution in [0.1, 0.15) is 25.1 Å². The van der Waals surface area contributed by atoms with Crippen LogP contribution in [0.4, 0.5) is 0 Å². The van der Waals surface area contributed by atoms with Crippen LogP contribution < -0.4 is 20.1 Å². The van der Waals surface area contributed by atoms with Crippen LogP contribution in [-0.2, 0) is 12.0 Å². The van der Waals surface area contributed by atoms with Gasteiger partial charge in [-0.05, 0) is 29.8 Å². The number of ether oxygens (including phenoxy) is 2. The van der Waals surface area contributed by atoms with Gasteiger partial charge in [0.25, 0.3) is 0 Å². The number of rotatable bonds is 7. The largest absolute Gasteiger partial charge is 0.493 e. The summed E-state index contributed by atoms with van der Waals surface area (Å²) in [6, 6.07) is 11.9. The SMILES string of the molecule is CN=C(NCc1ccccn1)NCC(C)(C)c1ccc(OC)c(OC)c1.I. The molecule has 0 aliphatic heterocycles. The van der Waals surface area contributed by atoms with Crippen LogP contribution in [0, 0.1) is 0 Å². The second-order valence-corrected chi connectivity index (χ2v) is 6.55. The molecule has 2 N–H and O–H groups in total. The van der Waals surface area contributed by atoms with Crippen molar-refractivity contribution in [3.8, 4) is 11.5 Å². The summed E-state index contributed by atoms with van der Waals surface area (Å²) < 4.78 is 10.7. The summed E-state index contributed by atoms with van der Waals surface area (Å²) >= 11 is 0. The van der Waals surface area contributed by atoms with Crippen molar-refractivity contribution in [1.82, 2.24) is 15.6 Å². The molecule has 1 aromatic heterocycles. The average molecular weight is 484 g/mol. The summed E-state index contributed by atoms with van der Waals surface area (Å²) in [5.41, 5.74) is 2.00. The average Bonchev–Trinajstić information content (AvgIpc) is 2.68. The van der Waals surface area contributed by atoms with Crippen LogP contribution in [0.25, 0.3) is 0 Å². The van der Waals surface area contributed by atoms with E-state index in [4.69, 9.17) is 9.47 Å². The van der Waals surface area contributed by atoms with E-state index in [1.165, 1.54) is 0 Å². The van der Waals surface area contributed by atoms with Crippen molar-refractivity contribution < 1.29 is 9.47 Å². The quantitative estimate of drug-likeness (QED) is 0.359. The molecule has 2 rings (SSSR count). The molecule has 0 saturated heterocycles. The van der Waals surface area contributed by atoms with E-state index in [0.29, 0.717) is 13.1 Å². The number of aliphatic imine (C=N–C) groups is 1. The van der Waals surface area contributed by atoms with Crippen molar-refractivity contribution in [3.63, 3.8) is 0 Å². The fourth-order valence-electron chi connectivity index (χ4n) is 2.56. The third-order valence-corrected chi connectivity index (χ3v) is 4.25. The highest BCUT2D eigenvalue weighted by atomic mass is 127. The Morgan fingerprint density at radius 1 is 1.07 bits per heavy atom. The first-order chi connectivity index (χ1) is 12.5. The van der Waals surface area contributed by atoms with Gasteiger partial charge in [-0.2, -0.15) is 0 Å². The molecule has 27 heavy (non-hydrogen) atoms. The van der Waals surface area contributed by atoms with Crippen molar-refractivity contribution in [1.29, 1.82) is 0 Å². The van der Waals surface area contributed by atoms with Crippen LogP contribution in [0.15, 0.2) is 47.6 Å². The van der Waals surface area contributed by atoms with E-state index >= 15 is 0 Å². The third-order valence-electron chi connectivity index (χ3n) is 4.25. The fraction of sp³-hybridized carbons (Fsp3) is 0.400. The molecular formula is C20H29IN4O2. The number of hydrogen-bond acceptors (Lipinski definition) is 4. The Morgan fingerprint density at radius 3 is 2.41 bits per heavy atom. The molecule has 0 fully saturated rings. The smallest absolute Gasteiger partial charge is 0.191 e. The maximum Gasteiger partial charge on any atom is 0.191 e. The summed E-state index contributed by atoms with van der Waals surface area (Å²) in [5, 5.41) is 6.67. The summed E-state index contributed by atoms with van der Waals surface area (Å²) in [4.78, 5) is 8.59. The van der Waals surface area contributed by atoms with E-state index in [-0.39, 0.29) is 29.4 Å². The molecule has 0 aliphatic rings. The Morgan fingerprint density at radius 2 is 1.81 bits per heavy atom. The number of nitrogens with one attached hydrogen (secondary N) is 2. The van der Waals surface area contributed by atoms with Gasteiger partial charge in [-0.25, -0.2) is 0 Å². The number of pyridine rings is 1. The highest BCUT2D eigenvalue weighted by molar-refractivity contribution is 14.0. The zero-order valence-electron chi connectivity index (χ0n) is 16.6. The van der Waals surface area contributed by atoms with E-state index in [2.05, 4.69) is 40.5 Å². The van der Waals surface area contributed by atoms with Gasteiger partial charge in [0.2, 0.25) is 0 Å². The van der Waals surface area contributed by atoms with Crippen molar-refractivity contribution in [2.24, 2.45) is 4.99 Å². The molecule has 7 heteroatoms. The van der Waals surface area contributed by atoms with E-state index in [1.54, 1.807) is 27.5 Å². The van der Waals surface area contributed by atoms with Gasteiger partial charge in [-0.1, -0.05) is 26.0 Å². The van der Waals surface area contributed by atoms with E-state index in [0.717, 1.165) is 28.7 Å². The maximum absolute atomic E-state index is 5.42. The lowest BCUT2D eigenvalue weighted by atomic mass is 9.84. The molecule has 148 valence electrons. The molecule has 0 unspecified atom stereocenters. The number of methoxy groups -OCH3 is 2. The fourth-order valence-corrected chi connectivity index (χ4v) is 2.56. The molecule has 0 saturated carbocycles. The van der Waals surface area contributed by atoms with Crippen LogP contribution in [0.5, 0.6) is 11.5 Å². The van der Waals surface area contributed by atoms with E-state index in [1.807, 2.05) is 30.3 Å². The Balaban J connectivity index is 0.00000364. The number of hydrogen-bond donors (Lipinski definition) is 2. The molecule has 0 atom stereocenters. The van der Waals surface area contributed by atoms with Gasteiger partial charge < -0.3 is 20.1 Å². The lowest BCUT2D eigenvalue weighted by Crippen LogP contribution is -2.43. The van der Waals surface area contributed by atoms with Gasteiger partial charge in [-0.15, -0.1) is 24.0 Å². The minimum absolute atomic E-state index is 0. The second-order valence-electron chi connectivity index (χ2n) is 6.55. The third kappa shape index (κ3) is 6.57. The van der Waals surface area contributed by atoms with Gasteiger partial charge in [0.1, 0.15) is 0 Å². The lowest BCUT2D eigenvalue weighted by molar-refractivity contribution is 0.353. The topological polar surface area (TPSA) is 67.8 Å². The molecule has 1 heterocycles. The molecule has 0 aliphatic carbocycles. The zero-order valence-corrected chi connectivity index (χ0v) is 18.9. The molecule has 0 amide bonds. The van der Waals surface area contributed by atoms with Crippen molar-refractivity contribution in [2.45, 2.75) is 25.8 Å². The first-order valence-corrected chi connectivity index (χ1v) is 8.57. The van der Waals surface area contributed by atoms with Gasteiger partial charge >= 0.3 is 0 Å². The Bertz CT molecular complexity index is 736. The summed E-state index contributed by atoms with van der Waals surface area (Å²) in [7, 11) is 5.05. The zero-order chi connectivity index (χ0) is 19.0. The number of nitrogens with zero attached hydrogens (tertiary/aromatic N) is 2. The van der Waals surface area contributed by atoms with Gasteiger partial charge in [0, 0.05) is 25.2 Å².